The lowest BCUT2D eigenvalue weighted by Gasteiger charge is -2.11. The molecule has 0 saturated carbocycles. The Morgan fingerprint density at radius 3 is 2.62 bits per heavy atom. The standard InChI is InChI=1S/C15H12N2O4/c1-10-13(17(18)19)4-3-5-14(10)21-15-8-12(20-2)7-6-11(15)9-16/h3-8H,1-2H3. The second-order valence-electron chi connectivity index (χ2n) is 4.23. The van der Waals surface area contributed by atoms with E-state index in [4.69, 9.17) is 14.7 Å². The third-order valence-corrected chi connectivity index (χ3v) is 2.98. The molecular formula is C15H12N2O4. The van der Waals surface area contributed by atoms with Crippen molar-refractivity contribution in [3.05, 3.63) is 57.6 Å². The van der Waals surface area contributed by atoms with Crippen molar-refractivity contribution in [2.24, 2.45) is 0 Å². The minimum Gasteiger partial charge on any atom is -0.497 e. The normalized spacial score (nSPS) is 9.76. The molecule has 0 bridgehead atoms. The fraction of sp³-hybridized carbons (Fsp3) is 0.133. The predicted octanol–water partition coefficient (Wildman–Crippen LogP) is 3.58. The molecule has 0 atom stereocenters. The zero-order valence-electron chi connectivity index (χ0n) is 11.5. The lowest BCUT2D eigenvalue weighted by Crippen LogP contribution is -1.96. The van der Waals surface area contributed by atoms with E-state index in [1.807, 2.05) is 6.07 Å². The SMILES string of the molecule is COc1ccc(C#N)c(Oc2cccc([N+](=O)[O-])c2C)c1. The molecule has 2 rings (SSSR count). The van der Waals surface area contributed by atoms with Gasteiger partial charge >= 0.3 is 0 Å². The van der Waals surface area contributed by atoms with E-state index in [0.29, 0.717) is 28.4 Å². The van der Waals surface area contributed by atoms with E-state index in [0.717, 1.165) is 0 Å². The van der Waals surface area contributed by atoms with Gasteiger partial charge in [-0.3, -0.25) is 10.1 Å². The van der Waals surface area contributed by atoms with Gasteiger partial charge in [-0.1, -0.05) is 6.07 Å². The van der Waals surface area contributed by atoms with Gasteiger partial charge in [-0.05, 0) is 25.1 Å². The van der Waals surface area contributed by atoms with E-state index in [2.05, 4.69) is 0 Å². The van der Waals surface area contributed by atoms with Crippen LogP contribution in [0.25, 0.3) is 0 Å². The first-order chi connectivity index (χ1) is 10.1. The molecule has 0 aliphatic heterocycles. The second-order valence-corrected chi connectivity index (χ2v) is 4.23. The topological polar surface area (TPSA) is 85.4 Å². The molecule has 2 aromatic rings. The summed E-state index contributed by atoms with van der Waals surface area (Å²) in [5.41, 5.74) is 0.685. The maximum Gasteiger partial charge on any atom is 0.276 e. The number of nitro groups is 1. The number of nitro benzene ring substituents is 1. The summed E-state index contributed by atoms with van der Waals surface area (Å²) >= 11 is 0. The smallest absolute Gasteiger partial charge is 0.276 e. The van der Waals surface area contributed by atoms with Crippen molar-refractivity contribution in [3.63, 3.8) is 0 Å². The average molecular weight is 284 g/mol. The van der Waals surface area contributed by atoms with Crippen LogP contribution in [-0.4, -0.2) is 12.0 Å². The second kappa shape index (κ2) is 5.92. The molecule has 0 aliphatic carbocycles. The first-order valence-corrected chi connectivity index (χ1v) is 6.07. The van der Waals surface area contributed by atoms with Gasteiger partial charge in [-0.25, -0.2) is 0 Å². The Hall–Kier alpha value is -3.07. The third-order valence-electron chi connectivity index (χ3n) is 2.98. The Morgan fingerprint density at radius 1 is 1.24 bits per heavy atom. The fourth-order valence-electron chi connectivity index (χ4n) is 1.84. The first kappa shape index (κ1) is 14.3. The van der Waals surface area contributed by atoms with Crippen molar-refractivity contribution >= 4 is 5.69 Å². The van der Waals surface area contributed by atoms with Crippen LogP contribution in [-0.2, 0) is 0 Å². The zero-order valence-corrected chi connectivity index (χ0v) is 11.5. The Balaban J connectivity index is 2.45. The van der Waals surface area contributed by atoms with Gasteiger partial charge in [0.15, 0.2) is 0 Å². The monoisotopic (exact) mass is 284 g/mol. The predicted molar refractivity (Wildman–Crippen MR) is 75.6 cm³/mol. The molecule has 0 fully saturated rings. The Kier molecular flexibility index (Phi) is 4.05. The summed E-state index contributed by atoms with van der Waals surface area (Å²) in [6, 6.07) is 11.3. The molecule has 0 unspecified atom stereocenters. The van der Waals surface area contributed by atoms with Crippen LogP contribution in [0.2, 0.25) is 0 Å². The summed E-state index contributed by atoms with van der Waals surface area (Å²) < 4.78 is 10.7. The van der Waals surface area contributed by atoms with Gasteiger partial charge in [0, 0.05) is 12.1 Å². The molecule has 106 valence electrons. The number of benzene rings is 2. The molecule has 0 amide bonds. The van der Waals surface area contributed by atoms with Crippen LogP contribution in [0.15, 0.2) is 36.4 Å². The molecule has 0 N–H and O–H groups in total. The summed E-state index contributed by atoms with van der Waals surface area (Å²) in [5.74, 6) is 1.15. The van der Waals surface area contributed by atoms with Gasteiger partial charge in [0.2, 0.25) is 0 Å². The lowest BCUT2D eigenvalue weighted by molar-refractivity contribution is -0.385. The van der Waals surface area contributed by atoms with Gasteiger partial charge in [-0.2, -0.15) is 5.26 Å². The highest BCUT2D eigenvalue weighted by molar-refractivity contribution is 5.53. The number of methoxy groups -OCH3 is 1. The molecule has 21 heavy (non-hydrogen) atoms. The molecule has 2 aromatic carbocycles. The molecule has 6 heteroatoms. The fourth-order valence-corrected chi connectivity index (χ4v) is 1.84. The van der Waals surface area contributed by atoms with Crippen LogP contribution < -0.4 is 9.47 Å². The number of rotatable bonds is 4. The van der Waals surface area contributed by atoms with Crippen LogP contribution in [0.3, 0.4) is 0 Å². The van der Waals surface area contributed by atoms with Crippen molar-refractivity contribution < 1.29 is 14.4 Å². The molecule has 0 heterocycles. The average Bonchev–Trinajstić information content (AvgIpc) is 2.49. The van der Waals surface area contributed by atoms with E-state index in [9.17, 15) is 10.1 Å². The highest BCUT2D eigenvalue weighted by atomic mass is 16.6. The third kappa shape index (κ3) is 2.92. The summed E-state index contributed by atoms with van der Waals surface area (Å²) in [6.45, 7) is 1.60. The van der Waals surface area contributed by atoms with E-state index < -0.39 is 4.92 Å². The molecule has 0 aromatic heterocycles. The van der Waals surface area contributed by atoms with Crippen LogP contribution in [0.4, 0.5) is 5.69 Å². The minimum atomic E-state index is -0.473. The molecule has 0 aliphatic rings. The van der Waals surface area contributed by atoms with Crippen molar-refractivity contribution in [1.29, 1.82) is 5.26 Å². The van der Waals surface area contributed by atoms with Crippen molar-refractivity contribution in [2.45, 2.75) is 6.92 Å². The Morgan fingerprint density at radius 2 is 2.00 bits per heavy atom. The maximum atomic E-state index is 10.9. The maximum absolute atomic E-state index is 10.9. The van der Waals surface area contributed by atoms with Crippen molar-refractivity contribution in [1.82, 2.24) is 0 Å². The minimum absolute atomic E-state index is 0.0334. The summed E-state index contributed by atoms with van der Waals surface area (Å²) in [7, 11) is 1.50. The molecule has 0 radical (unpaired) electrons. The van der Waals surface area contributed by atoms with Gasteiger partial charge in [0.05, 0.1) is 23.2 Å². The molecular weight excluding hydrogens is 272 g/mol. The molecule has 6 nitrogen and oxygen atoms in total. The largest absolute Gasteiger partial charge is 0.497 e. The van der Waals surface area contributed by atoms with Gasteiger partial charge < -0.3 is 9.47 Å². The highest BCUT2D eigenvalue weighted by Gasteiger charge is 2.16. The lowest BCUT2D eigenvalue weighted by atomic mass is 10.1. The van der Waals surface area contributed by atoms with E-state index in [-0.39, 0.29) is 5.69 Å². The zero-order chi connectivity index (χ0) is 15.4. The van der Waals surface area contributed by atoms with Gasteiger partial charge in [0.25, 0.3) is 5.69 Å². The van der Waals surface area contributed by atoms with Crippen molar-refractivity contribution in [3.8, 4) is 23.3 Å². The molecule has 0 saturated heterocycles. The van der Waals surface area contributed by atoms with Gasteiger partial charge in [-0.15, -0.1) is 0 Å². The van der Waals surface area contributed by atoms with Crippen LogP contribution >= 0.6 is 0 Å². The summed E-state index contributed by atoms with van der Waals surface area (Å²) in [4.78, 5) is 10.5. The Labute approximate surface area is 121 Å². The van der Waals surface area contributed by atoms with E-state index >= 15 is 0 Å². The number of hydrogen-bond acceptors (Lipinski definition) is 5. The van der Waals surface area contributed by atoms with Crippen LogP contribution in [0.1, 0.15) is 11.1 Å². The summed E-state index contributed by atoms with van der Waals surface area (Å²) in [6.07, 6.45) is 0. The first-order valence-electron chi connectivity index (χ1n) is 6.07. The summed E-state index contributed by atoms with van der Waals surface area (Å²) in [5, 5.41) is 20.0. The Bertz CT molecular complexity index is 735. The van der Waals surface area contributed by atoms with Crippen LogP contribution in [0, 0.1) is 28.4 Å². The number of hydrogen-bond donors (Lipinski definition) is 0. The number of nitriles is 1. The van der Waals surface area contributed by atoms with Crippen molar-refractivity contribution in [2.75, 3.05) is 7.11 Å². The van der Waals surface area contributed by atoms with E-state index in [1.165, 1.54) is 19.2 Å². The highest BCUT2D eigenvalue weighted by Crippen LogP contribution is 2.33. The number of nitrogens with zero attached hydrogens (tertiary/aromatic N) is 2. The quantitative estimate of drug-likeness (QED) is 0.632. The van der Waals surface area contributed by atoms with E-state index in [1.54, 1.807) is 31.2 Å². The number of ether oxygens (including phenoxy) is 2. The van der Waals surface area contributed by atoms with Gasteiger partial charge in [0.1, 0.15) is 23.3 Å². The molecule has 0 spiro atoms. The van der Waals surface area contributed by atoms with Crippen LogP contribution in [0.5, 0.6) is 17.2 Å².